The van der Waals surface area contributed by atoms with E-state index in [0.717, 1.165) is 29.2 Å². The maximum atomic E-state index is 4.38. The SMILES string of the molecule is Cc1ccnc(SCCCNC2CCCC2)n1. The Morgan fingerprint density at radius 2 is 2.24 bits per heavy atom. The van der Waals surface area contributed by atoms with Gasteiger partial charge in [0, 0.05) is 23.7 Å². The molecule has 1 aliphatic carbocycles. The fourth-order valence-electron chi connectivity index (χ4n) is 2.17. The number of aromatic nitrogens is 2. The van der Waals surface area contributed by atoms with E-state index in [-0.39, 0.29) is 0 Å². The van der Waals surface area contributed by atoms with Crippen LogP contribution < -0.4 is 5.32 Å². The average molecular weight is 251 g/mol. The summed E-state index contributed by atoms with van der Waals surface area (Å²) >= 11 is 1.75. The largest absolute Gasteiger partial charge is 0.314 e. The molecule has 1 aromatic rings. The quantitative estimate of drug-likeness (QED) is 0.479. The van der Waals surface area contributed by atoms with Gasteiger partial charge < -0.3 is 5.32 Å². The minimum atomic E-state index is 0.787. The summed E-state index contributed by atoms with van der Waals surface area (Å²) in [4.78, 5) is 8.63. The van der Waals surface area contributed by atoms with Crippen molar-refractivity contribution in [3.63, 3.8) is 0 Å². The van der Waals surface area contributed by atoms with Gasteiger partial charge in [0.15, 0.2) is 5.16 Å². The van der Waals surface area contributed by atoms with Crippen molar-refractivity contribution in [1.29, 1.82) is 0 Å². The van der Waals surface area contributed by atoms with E-state index < -0.39 is 0 Å². The Morgan fingerprint density at radius 3 is 3.00 bits per heavy atom. The molecule has 17 heavy (non-hydrogen) atoms. The van der Waals surface area contributed by atoms with E-state index in [0.29, 0.717) is 0 Å². The summed E-state index contributed by atoms with van der Waals surface area (Å²) in [6, 6.07) is 2.72. The highest BCUT2D eigenvalue weighted by Crippen LogP contribution is 2.18. The van der Waals surface area contributed by atoms with Crippen molar-refractivity contribution in [3.05, 3.63) is 18.0 Å². The van der Waals surface area contributed by atoms with Crippen LogP contribution >= 0.6 is 11.8 Å². The lowest BCUT2D eigenvalue weighted by Crippen LogP contribution is -2.27. The molecule has 0 aromatic carbocycles. The third-order valence-corrected chi connectivity index (χ3v) is 4.06. The van der Waals surface area contributed by atoms with Gasteiger partial charge in [-0.15, -0.1) is 0 Å². The summed E-state index contributed by atoms with van der Waals surface area (Å²) in [5.74, 6) is 1.10. The first-order chi connectivity index (χ1) is 8.34. The molecule has 1 saturated carbocycles. The number of aryl methyl sites for hydroxylation is 1. The van der Waals surface area contributed by atoms with Gasteiger partial charge in [-0.3, -0.25) is 0 Å². The van der Waals surface area contributed by atoms with Gasteiger partial charge in [-0.2, -0.15) is 0 Å². The molecule has 0 amide bonds. The molecule has 0 spiro atoms. The normalized spacial score (nSPS) is 16.5. The number of thioether (sulfide) groups is 1. The van der Waals surface area contributed by atoms with Crippen LogP contribution in [0.25, 0.3) is 0 Å². The van der Waals surface area contributed by atoms with Gasteiger partial charge >= 0.3 is 0 Å². The number of hydrogen-bond donors (Lipinski definition) is 1. The minimum absolute atomic E-state index is 0.787. The highest BCUT2D eigenvalue weighted by Gasteiger charge is 2.13. The van der Waals surface area contributed by atoms with Crippen molar-refractivity contribution in [1.82, 2.24) is 15.3 Å². The molecule has 0 radical (unpaired) electrons. The molecule has 94 valence electrons. The maximum absolute atomic E-state index is 4.38. The molecule has 4 heteroatoms. The third kappa shape index (κ3) is 4.64. The first-order valence-electron chi connectivity index (χ1n) is 6.50. The maximum Gasteiger partial charge on any atom is 0.187 e. The molecule has 3 nitrogen and oxygen atoms in total. The zero-order valence-corrected chi connectivity index (χ0v) is 11.3. The van der Waals surface area contributed by atoms with Crippen molar-refractivity contribution in [2.75, 3.05) is 12.3 Å². The Hall–Kier alpha value is -0.610. The highest BCUT2D eigenvalue weighted by atomic mass is 32.2. The number of nitrogens with one attached hydrogen (secondary N) is 1. The van der Waals surface area contributed by atoms with Crippen molar-refractivity contribution in [2.24, 2.45) is 0 Å². The summed E-state index contributed by atoms with van der Waals surface area (Å²) in [6.07, 6.45) is 8.58. The number of nitrogens with zero attached hydrogens (tertiary/aromatic N) is 2. The molecule has 0 atom stereocenters. The molecule has 1 N–H and O–H groups in total. The molecule has 0 bridgehead atoms. The van der Waals surface area contributed by atoms with Gasteiger partial charge in [-0.25, -0.2) is 9.97 Å². The van der Waals surface area contributed by atoms with Crippen LogP contribution in [0.5, 0.6) is 0 Å². The van der Waals surface area contributed by atoms with Crippen LogP contribution in [0.4, 0.5) is 0 Å². The van der Waals surface area contributed by atoms with Crippen LogP contribution in [0, 0.1) is 6.92 Å². The van der Waals surface area contributed by atoms with Crippen LogP contribution in [0.1, 0.15) is 37.8 Å². The summed E-state index contributed by atoms with van der Waals surface area (Å²) in [6.45, 7) is 3.14. The molecule has 1 aliphatic rings. The lowest BCUT2D eigenvalue weighted by Gasteiger charge is -2.10. The topological polar surface area (TPSA) is 37.8 Å². The summed E-state index contributed by atoms with van der Waals surface area (Å²) < 4.78 is 0. The molecule has 0 aliphatic heterocycles. The Morgan fingerprint density at radius 1 is 1.41 bits per heavy atom. The van der Waals surface area contributed by atoms with Gasteiger partial charge in [0.2, 0.25) is 0 Å². The van der Waals surface area contributed by atoms with E-state index in [1.807, 2.05) is 19.2 Å². The van der Waals surface area contributed by atoms with E-state index in [1.54, 1.807) is 11.8 Å². The van der Waals surface area contributed by atoms with E-state index in [2.05, 4.69) is 15.3 Å². The monoisotopic (exact) mass is 251 g/mol. The molecule has 1 heterocycles. The third-order valence-electron chi connectivity index (χ3n) is 3.11. The fraction of sp³-hybridized carbons (Fsp3) is 0.692. The minimum Gasteiger partial charge on any atom is -0.314 e. The molecular weight excluding hydrogens is 230 g/mol. The molecular formula is C13H21N3S. The first-order valence-corrected chi connectivity index (χ1v) is 7.49. The van der Waals surface area contributed by atoms with Gasteiger partial charge in [-0.1, -0.05) is 24.6 Å². The number of rotatable bonds is 6. The van der Waals surface area contributed by atoms with Crippen molar-refractivity contribution >= 4 is 11.8 Å². The fourth-order valence-corrected chi connectivity index (χ4v) is 2.98. The van der Waals surface area contributed by atoms with Crippen molar-refractivity contribution in [2.45, 2.75) is 50.2 Å². The van der Waals surface area contributed by atoms with E-state index >= 15 is 0 Å². The predicted molar refractivity (Wildman–Crippen MR) is 72.4 cm³/mol. The summed E-state index contributed by atoms with van der Waals surface area (Å²) in [7, 11) is 0. The van der Waals surface area contributed by atoms with E-state index in [4.69, 9.17) is 0 Å². The van der Waals surface area contributed by atoms with Crippen LogP contribution in [0.2, 0.25) is 0 Å². The predicted octanol–water partition coefficient (Wildman–Crippen LogP) is 2.80. The Kier molecular flexibility index (Phi) is 5.26. The second-order valence-electron chi connectivity index (χ2n) is 4.62. The van der Waals surface area contributed by atoms with Crippen LogP contribution in [-0.2, 0) is 0 Å². The Balaban J connectivity index is 1.56. The van der Waals surface area contributed by atoms with E-state index in [1.165, 1.54) is 32.1 Å². The molecule has 1 fully saturated rings. The van der Waals surface area contributed by atoms with Gasteiger partial charge in [-0.05, 0) is 38.8 Å². The first kappa shape index (κ1) is 12.8. The van der Waals surface area contributed by atoms with Gasteiger partial charge in [0.25, 0.3) is 0 Å². The zero-order chi connectivity index (χ0) is 11.9. The van der Waals surface area contributed by atoms with Crippen LogP contribution in [-0.4, -0.2) is 28.3 Å². The number of hydrogen-bond acceptors (Lipinski definition) is 4. The molecule has 1 aromatic heterocycles. The zero-order valence-electron chi connectivity index (χ0n) is 10.5. The second-order valence-corrected chi connectivity index (χ2v) is 5.68. The smallest absolute Gasteiger partial charge is 0.187 e. The highest BCUT2D eigenvalue weighted by molar-refractivity contribution is 7.99. The lowest BCUT2D eigenvalue weighted by atomic mass is 10.2. The average Bonchev–Trinajstić information content (AvgIpc) is 2.82. The Labute approximate surface area is 108 Å². The Bertz CT molecular complexity index is 337. The molecule has 0 unspecified atom stereocenters. The molecule has 0 saturated heterocycles. The molecule has 2 rings (SSSR count). The standard InChI is InChI=1S/C13H21N3S/c1-11-7-9-15-13(16-11)17-10-4-8-14-12-5-2-3-6-12/h7,9,12,14H,2-6,8,10H2,1H3. The lowest BCUT2D eigenvalue weighted by molar-refractivity contribution is 0.524. The summed E-state index contributed by atoms with van der Waals surface area (Å²) in [5, 5.41) is 4.53. The van der Waals surface area contributed by atoms with Gasteiger partial charge in [0.05, 0.1) is 0 Å². The van der Waals surface area contributed by atoms with Crippen LogP contribution in [0.15, 0.2) is 17.4 Å². The van der Waals surface area contributed by atoms with Crippen molar-refractivity contribution in [3.8, 4) is 0 Å². The summed E-state index contributed by atoms with van der Waals surface area (Å²) in [5.41, 5.74) is 1.05. The van der Waals surface area contributed by atoms with Crippen LogP contribution in [0.3, 0.4) is 0 Å². The van der Waals surface area contributed by atoms with Gasteiger partial charge in [0.1, 0.15) is 0 Å². The van der Waals surface area contributed by atoms with E-state index in [9.17, 15) is 0 Å². The second kappa shape index (κ2) is 6.97. The van der Waals surface area contributed by atoms with Crippen molar-refractivity contribution < 1.29 is 0 Å².